The van der Waals surface area contributed by atoms with E-state index >= 15 is 0 Å². The summed E-state index contributed by atoms with van der Waals surface area (Å²) >= 11 is 1.59. The summed E-state index contributed by atoms with van der Waals surface area (Å²) in [7, 11) is 0. The second-order valence-electron chi connectivity index (χ2n) is 7.00. The Morgan fingerprint density at radius 1 is 1.11 bits per heavy atom. The van der Waals surface area contributed by atoms with Crippen LogP contribution in [0.1, 0.15) is 30.4 Å². The van der Waals surface area contributed by atoms with Crippen molar-refractivity contribution in [2.45, 2.75) is 37.6 Å². The van der Waals surface area contributed by atoms with Crippen molar-refractivity contribution in [3.8, 4) is 0 Å². The first-order valence-corrected chi connectivity index (χ1v) is 10.7. The van der Waals surface area contributed by atoms with Gasteiger partial charge in [-0.1, -0.05) is 42.5 Å². The van der Waals surface area contributed by atoms with E-state index in [1.165, 1.54) is 5.56 Å². The molecule has 2 aromatic carbocycles. The number of nitrogens with zero attached hydrogens (tertiary/aromatic N) is 1. The quantitative estimate of drug-likeness (QED) is 0.625. The van der Waals surface area contributed by atoms with Crippen LogP contribution >= 0.6 is 11.8 Å². The largest absolute Gasteiger partial charge is 0.481 e. The van der Waals surface area contributed by atoms with Crippen LogP contribution in [0.25, 0.3) is 0 Å². The summed E-state index contributed by atoms with van der Waals surface area (Å²) in [6, 6.07) is 18.0. The van der Waals surface area contributed by atoms with Crippen LogP contribution < -0.4 is 5.32 Å². The molecule has 1 fully saturated rings. The fourth-order valence-corrected chi connectivity index (χ4v) is 4.32. The highest BCUT2D eigenvalue weighted by Gasteiger charge is 2.30. The number of carboxylic acids is 1. The summed E-state index contributed by atoms with van der Waals surface area (Å²) in [5.74, 6) is 0.595. The Morgan fingerprint density at radius 3 is 2.68 bits per heavy atom. The van der Waals surface area contributed by atoms with E-state index in [1.807, 2.05) is 42.5 Å². The molecule has 1 saturated heterocycles. The molecule has 2 N–H and O–H groups in total. The van der Waals surface area contributed by atoms with Gasteiger partial charge in [0.25, 0.3) is 0 Å². The van der Waals surface area contributed by atoms with Crippen molar-refractivity contribution in [3.05, 3.63) is 65.7 Å². The summed E-state index contributed by atoms with van der Waals surface area (Å²) in [5, 5.41) is 11.8. The summed E-state index contributed by atoms with van der Waals surface area (Å²) in [6.45, 7) is 1.73. The van der Waals surface area contributed by atoms with Crippen molar-refractivity contribution < 1.29 is 14.7 Å². The predicted molar refractivity (Wildman–Crippen MR) is 113 cm³/mol. The number of likely N-dealkylation sites (tertiary alicyclic amines) is 1. The Balaban J connectivity index is 1.54. The van der Waals surface area contributed by atoms with E-state index in [-0.39, 0.29) is 18.4 Å². The molecule has 1 atom stereocenters. The molecule has 1 amide bonds. The molecule has 6 heteroatoms. The van der Waals surface area contributed by atoms with Gasteiger partial charge in [0.2, 0.25) is 5.91 Å². The van der Waals surface area contributed by atoms with Crippen LogP contribution in [0.4, 0.5) is 5.69 Å². The van der Waals surface area contributed by atoms with Crippen molar-refractivity contribution in [2.24, 2.45) is 0 Å². The van der Waals surface area contributed by atoms with Crippen molar-refractivity contribution in [1.29, 1.82) is 0 Å². The van der Waals surface area contributed by atoms with Gasteiger partial charge in [-0.25, -0.2) is 0 Å². The number of thioether (sulfide) groups is 1. The van der Waals surface area contributed by atoms with Gasteiger partial charge in [0.15, 0.2) is 0 Å². The molecule has 0 bridgehead atoms. The first-order valence-electron chi connectivity index (χ1n) is 9.59. The Kier molecular flexibility index (Phi) is 7.51. The number of hydrogen-bond acceptors (Lipinski definition) is 4. The predicted octanol–water partition coefficient (Wildman–Crippen LogP) is 4.00. The van der Waals surface area contributed by atoms with Crippen molar-refractivity contribution in [3.63, 3.8) is 0 Å². The molecule has 5 nitrogen and oxygen atoms in total. The Hall–Kier alpha value is -2.31. The van der Waals surface area contributed by atoms with Crippen LogP contribution in [-0.4, -0.2) is 40.2 Å². The van der Waals surface area contributed by atoms with Gasteiger partial charge in [0.05, 0.1) is 12.5 Å². The summed E-state index contributed by atoms with van der Waals surface area (Å²) in [4.78, 5) is 25.7. The van der Waals surface area contributed by atoms with E-state index in [0.717, 1.165) is 42.9 Å². The van der Waals surface area contributed by atoms with Gasteiger partial charge in [-0.05, 0) is 42.6 Å². The SMILES string of the molecule is O=C(O)CCSCc1cccc(NC(=O)C2CCCN2Cc2ccccc2)c1. The molecule has 28 heavy (non-hydrogen) atoms. The molecular formula is C22H26N2O3S. The van der Waals surface area contributed by atoms with E-state index in [1.54, 1.807) is 11.8 Å². The third-order valence-electron chi connectivity index (χ3n) is 4.82. The first kappa shape index (κ1) is 20.4. The zero-order chi connectivity index (χ0) is 19.8. The van der Waals surface area contributed by atoms with E-state index in [2.05, 4.69) is 22.3 Å². The van der Waals surface area contributed by atoms with Gasteiger partial charge in [-0.3, -0.25) is 14.5 Å². The number of aliphatic carboxylic acids is 1. The normalized spacial score (nSPS) is 16.8. The molecule has 0 aromatic heterocycles. The minimum absolute atomic E-state index is 0.0455. The van der Waals surface area contributed by atoms with Crippen molar-refractivity contribution in [2.75, 3.05) is 17.6 Å². The second-order valence-corrected chi connectivity index (χ2v) is 8.11. The van der Waals surface area contributed by atoms with E-state index in [0.29, 0.717) is 5.75 Å². The van der Waals surface area contributed by atoms with Gasteiger partial charge in [0, 0.05) is 23.7 Å². The maximum Gasteiger partial charge on any atom is 0.304 e. The topological polar surface area (TPSA) is 69.6 Å². The lowest BCUT2D eigenvalue weighted by molar-refractivity contribution is -0.136. The average molecular weight is 399 g/mol. The Bertz CT molecular complexity index is 797. The summed E-state index contributed by atoms with van der Waals surface area (Å²) in [5.41, 5.74) is 3.11. The van der Waals surface area contributed by atoms with Crippen molar-refractivity contribution in [1.82, 2.24) is 4.90 Å². The molecule has 1 aliphatic rings. The van der Waals surface area contributed by atoms with Gasteiger partial charge in [0.1, 0.15) is 0 Å². The zero-order valence-corrected chi connectivity index (χ0v) is 16.7. The maximum atomic E-state index is 12.8. The number of benzene rings is 2. The van der Waals surface area contributed by atoms with Crippen LogP contribution in [0, 0.1) is 0 Å². The van der Waals surface area contributed by atoms with Crippen LogP contribution in [0.2, 0.25) is 0 Å². The third kappa shape index (κ3) is 6.11. The lowest BCUT2D eigenvalue weighted by Crippen LogP contribution is -2.39. The lowest BCUT2D eigenvalue weighted by atomic mass is 10.1. The molecule has 3 rings (SSSR count). The van der Waals surface area contributed by atoms with Gasteiger partial charge in [-0.15, -0.1) is 0 Å². The lowest BCUT2D eigenvalue weighted by Gasteiger charge is -2.23. The van der Waals surface area contributed by atoms with E-state index in [4.69, 9.17) is 5.11 Å². The highest BCUT2D eigenvalue weighted by Crippen LogP contribution is 2.23. The van der Waals surface area contributed by atoms with Crippen LogP contribution in [0.15, 0.2) is 54.6 Å². The molecule has 0 aliphatic carbocycles. The highest BCUT2D eigenvalue weighted by molar-refractivity contribution is 7.98. The van der Waals surface area contributed by atoms with E-state index < -0.39 is 5.97 Å². The molecule has 0 spiro atoms. The first-order chi connectivity index (χ1) is 13.6. The van der Waals surface area contributed by atoms with Crippen molar-refractivity contribution >= 4 is 29.3 Å². The zero-order valence-electron chi connectivity index (χ0n) is 15.8. The summed E-state index contributed by atoms with van der Waals surface area (Å²) < 4.78 is 0. The standard InChI is InChI=1S/C22H26N2O3S/c25-21(26)11-13-28-16-18-8-4-9-19(14-18)23-22(27)20-10-5-12-24(20)15-17-6-2-1-3-7-17/h1-4,6-9,14,20H,5,10-13,15-16H2,(H,23,27)(H,25,26). The molecule has 1 aliphatic heterocycles. The maximum absolute atomic E-state index is 12.8. The van der Waals surface area contributed by atoms with Gasteiger partial charge in [-0.2, -0.15) is 11.8 Å². The number of carbonyl (C=O) groups excluding carboxylic acids is 1. The molecule has 0 saturated carbocycles. The third-order valence-corrected chi connectivity index (χ3v) is 5.85. The van der Waals surface area contributed by atoms with E-state index in [9.17, 15) is 9.59 Å². The van der Waals surface area contributed by atoms with Gasteiger partial charge >= 0.3 is 5.97 Å². The molecule has 148 valence electrons. The number of carbonyl (C=O) groups is 2. The smallest absolute Gasteiger partial charge is 0.304 e. The molecular weight excluding hydrogens is 372 g/mol. The number of rotatable bonds is 9. The molecule has 0 radical (unpaired) electrons. The number of hydrogen-bond donors (Lipinski definition) is 2. The molecule has 2 aromatic rings. The fraction of sp³-hybridized carbons (Fsp3) is 0.364. The average Bonchev–Trinajstić information content (AvgIpc) is 3.14. The molecule has 1 unspecified atom stereocenters. The fourth-order valence-electron chi connectivity index (χ4n) is 3.44. The van der Waals surface area contributed by atoms with Crippen LogP contribution in [-0.2, 0) is 21.9 Å². The minimum atomic E-state index is -0.773. The Morgan fingerprint density at radius 2 is 1.89 bits per heavy atom. The van der Waals surface area contributed by atoms with Crippen LogP contribution in [0.5, 0.6) is 0 Å². The summed E-state index contributed by atoms with van der Waals surface area (Å²) in [6.07, 6.45) is 2.08. The monoisotopic (exact) mass is 398 g/mol. The minimum Gasteiger partial charge on any atom is -0.481 e. The molecule has 1 heterocycles. The Labute approximate surface area is 170 Å². The number of amides is 1. The van der Waals surface area contributed by atoms with Crippen LogP contribution in [0.3, 0.4) is 0 Å². The highest BCUT2D eigenvalue weighted by atomic mass is 32.2. The second kappa shape index (κ2) is 10.3. The number of nitrogens with one attached hydrogen (secondary N) is 1. The van der Waals surface area contributed by atoms with Gasteiger partial charge < -0.3 is 10.4 Å². The number of anilines is 1. The number of carboxylic acid groups (broad SMARTS) is 1.